The standard InChI is InChI=1S/C16H17FN2O/c1-20-16-7-6-13(17)10-12(16)11-19-9-8-18-14-4-2-3-5-15(14)19/h2-7,10,18H,8-9,11H2,1H3. The second-order valence-corrected chi connectivity index (χ2v) is 4.82. The highest BCUT2D eigenvalue weighted by molar-refractivity contribution is 5.72. The van der Waals surface area contributed by atoms with Gasteiger partial charge in [-0.25, -0.2) is 4.39 Å². The first-order valence-corrected chi connectivity index (χ1v) is 6.68. The summed E-state index contributed by atoms with van der Waals surface area (Å²) in [5.41, 5.74) is 3.13. The molecule has 104 valence electrons. The highest BCUT2D eigenvalue weighted by Crippen LogP contribution is 2.31. The number of methoxy groups -OCH3 is 1. The third-order valence-corrected chi connectivity index (χ3v) is 3.55. The van der Waals surface area contributed by atoms with Crippen LogP contribution in [-0.4, -0.2) is 20.2 Å². The minimum absolute atomic E-state index is 0.232. The molecule has 0 bridgehead atoms. The maximum Gasteiger partial charge on any atom is 0.124 e. The molecule has 1 aliphatic rings. The van der Waals surface area contributed by atoms with Crippen LogP contribution >= 0.6 is 0 Å². The fraction of sp³-hybridized carbons (Fsp3) is 0.250. The summed E-state index contributed by atoms with van der Waals surface area (Å²) in [5, 5.41) is 3.37. The molecule has 3 nitrogen and oxygen atoms in total. The molecule has 0 aromatic heterocycles. The van der Waals surface area contributed by atoms with E-state index < -0.39 is 0 Å². The highest BCUT2D eigenvalue weighted by Gasteiger charge is 2.17. The van der Waals surface area contributed by atoms with Gasteiger partial charge in [0, 0.05) is 25.2 Å². The van der Waals surface area contributed by atoms with Gasteiger partial charge in [0.15, 0.2) is 0 Å². The molecule has 1 aliphatic heterocycles. The van der Waals surface area contributed by atoms with Crippen LogP contribution in [0, 0.1) is 5.82 Å². The van der Waals surface area contributed by atoms with E-state index in [1.54, 1.807) is 19.2 Å². The van der Waals surface area contributed by atoms with Gasteiger partial charge in [-0.1, -0.05) is 12.1 Å². The average Bonchev–Trinajstić information content (AvgIpc) is 2.48. The number of benzene rings is 2. The van der Waals surface area contributed by atoms with Crippen LogP contribution in [0.5, 0.6) is 5.75 Å². The Hall–Kier alpha value is -2.23. The number of halogens is 1. The second kappa shape index (κ2) is 5.41. The van der Waals surface area contributed by atoms with Crippen LogP contribution in [0.2, 0.25) is 0 Å². The van der Waals surface area contributed by atoms with Crippen molar-refractivity contribution in [2.45, 2.75) is 6.54 Å². The average molecular weight is 272 g/mol. The van der Waals surface area contributed by atoms with E-state index in [1.807, 2.05) is 12.1 Å². The molecule has 0 fully saturated rings. The van der Waals surface area contributed by atoms with Crippen LogP contribution in [-0.2, 0) is 6.54 Å². The van der Waals surface area contributed by atoms with E-state index >= 15 is 0 Å². The first-order valence-electron chi connectivity index (χ1n) is 6.68. The van der Waals surface area contributed by atoms with Gasteiger partial charge in [0.2, 0.25) is 0 Å². The number of nitrogens with zero attached hydrogens (tertiary/aromatic N) is 1. The third kappa shape index (κ3) is 2.41. The molecule has 0 spiro atoms. The van der Waals surface area contributed by atoms with Gasteiger partial charge < -0.3 is 15.0 Å². The van der Waals surface area contributed by atoms with E-state index in [0.717, 1.165) is 35.8 Å². The Morgan fingerprint density at radius 1 is 1.25 bits per heavy atom. The van der Waals surface area contributed by atoms with Crippen LogP contribution in [0.1, 0.15) is 5.56 Å². The van der Waals surface area contributed by atoms with Crippen molar-refractivity contribution >= 4 is 11.4 Å². The van der Waals surface area contributed by atoms with Crippen molar-refractivity contribution < 1.29 is 9.13 Å². The summed E-state index contributed by atoms with van der Waals surface area (Å²) in [4.78, 5) is 2.24. The highest BCUT2D eigenvalue weighted by atomic mass is 19.1. The van der Waals surface area contributed by atoms with Crippen molar-refractivity contribution in [3.05, 3.63) is 53.8 Å². The third-order valence-electron chi connectivity index (χ3n) is 3.55. The molecule has 20 heavy (non-hydrogen) atoms. The van der Waals surface area contributed by atoms with Gasteiger partial charge in [0.25, 0.3) is 0 Å². The Bertz CT molecular complexity index is 615. The number of ether oxygens (including phenoxy) is 1. The lowest BCUT2D eigenvalue weighted by molar-refractivity contribution is 0.408. The summed E-state index contributed by atoms with van der Waals surface area (Å²) in [6.07, 6.45) is 0. The fourth-order valence-corrected chi connectivity index (χ4v) is 2.59. The van der Waals surface area contributed by atoms with E-state index in [-0.39, 0.29) is 5.82 Å². The monoisotopic (exact) mass is 272 g/mol. The molecule has 3 rings (SSSR count). The Morgan fingerprint density at radius 3 is 2.95 bits per heavy atom. The first kappa shape index (κ1) is 12.8. The molecule has 0 unspecified atom stereocenters. The molecule has 1 N–H and O–H groups in total. The molecule has 4 heteroatoms. The number of nitrogens with one attached hydrogen (secondary N) is 1. The summed E-state index contributed by atoms with van der Waals surface area (Å²) in [5.74, 6) is 0.492. The molecule has 0 saturated heterocycles. The van der Waals surface area contributed by atoms with Gasteiger partial charge in [-0.2, -0.15) is 0 Å². The van der Waals surface area contributed by atoms with Gasteiger partial charge in [-0.15, -0.1) is 0 Å². The zero-order valence-corrected chi connectivity index (χ0v) is 11.4. The maximum absolute atomic E-state index is 13.4. The zero-order valence-electron chi connectivity index (χ0n) is 11.4. The Balaban J connectivity index is 1.91. The minimum Gasteiger partial charge on any atom is -0.496 e. The molecule has 0 radical (unpaired) electrons. The Morgan fingerprint density at radius 2 is 2.10 bits per heavy atom. The molecule has 2 aromatic carbocycles. The Labute approximate surface area is 118 Å². The number of hydrogen-bond donors (Lipinski definition) is 1. The summed E-state index contributed by atoms with van der Waals surface area (Å²) >= 11 is 0. The molecule has 0 amide bonds. The molecule has 0 saturated carbocycles. The van der Waals surface area contributed by atoms with E-state index in [9.17, 15) is 4.39 Å². The van der Waals surface area contributed by atoms with Gasteiger partial charge in [0.05, 0.1) is 18.5 Å². The van der Waals surface area contributed by atoms with Crippen molar-refractivity contribution in [2.75, 3.05) is 30.4 Å². The number of rotatable bonds is 3. The number of fused-ring (bicyclic) bond motifs is 1. The summed E-state index contributed by atoms with van der Waals surface area (Å²) < 4.78 is 18.8. The minimum atomic E-state index is -0.232. The van der Waals surface area contributed by atoms with Crippen LogP contribution in [0.4, 0.5) is 15.8 Å². The van der Waals surface area contributed by atoms with Crippen molar-refractivity contribution in [3.63, 3.8) is 0 Å². The summed E-state index contributed by atoms with van der Waals surface area (Å²) in [6.45, 7) is 2.41. The quantitative estimate of drug-likeness (QED) is 0.928. The van der Waals surface area contributed by atoms with Gasteiger partial charge in [0.1, 0.15) is 11.6 Å². The molecular weight excluding hydrogens is 255 g/mol. The van der Waals surface area contributed by atoms with Crippen molar-refractivity contribution in [3.8, 4) is 5.75 Å². The molecule has 0 aliphatic carbocycles. The van der Waals surface area contributed by atoms with E-state index in [0.29, 0.717) is 6.54 Å². The lowest BCUT2D eigenvalue weighted by Crippen LogP contribution is -2.33. The smallest absolute Gasteiger partial charge is 0.124 e. The van der Waals surface area contributed by atoms with E-state index in [2.05, 4.69) is 22.3 Å². The van der Waals surface area contributed by atoms with Crippen LogP contribution < -0.4 is 15.0 Å². The van der Waals surface area contributed by atoms with Crippen molar-refractivity contribution in [1.82, 2.24) is 0 Å². The fourth-order valence-electron chi connectivity index (χ4n) is 2.59. The van der Waals surface area contributed by atoms with Crippen molar-refractivity contribution in [2.24, 2.45) is 0 Å². The summed E-state index contributed by atoms with van der Waals surface area (Å²) in [6, 6.07) is 12.8. The van der Waals surface area contributed by atoms with Crippen LogP contribution in [0.3, 0.4) is 0 Å². The predicted octanol–water partition coefficient (Wildman–Crippen LogP) is 3.27. The van der Waals surface area contributed by atoms with Gasteiger partial charge >= 0.3 is 0 Å². The molecule has 1 heterocycles. The van der Waals surface area contributed by atoms with Gasteiger partial charge in [-0.3, -0.25) is 0 Å². The SMILES string of the molecule is COc1ccc(F)cc1CN1CCNc2ccccc21. The second-order valence-electron chi connectivity index (χ2n) is 4.82. The number of hydrogen-bond acceptors (Lipinski definition) is 3. The van der Waals surface area contributed by atoms with Crippen LogP contribution in [0.15, 0.2) is 42.5 Å². The first-order chi connectivity index (χ1) is 9.78. The largest absolute Gasteiger partial charge is 0.496 e. The Kier molecular flexibility index (Phi) is 3.46. The summed E-state index contributed by atoms with van der Waals surface area (Å²) in [7, 11) is 1.61. The topological polar surface area (TPSA) is 24.5 Å². The van der Waals surface area contributed by atoms with E-state index in [4.69, 9.17) is 4.74 Å². The van der Waals surface area contributed by atoms with Crippen molar-refractivity contribution in [1.29, 1.82) is 0 Å². The zero-order chi connectivity index (χ0) is 13.9. The number of para-hydroxylation sites is 2. The lowest BCUT2D eigenvalue weighted by Gasteiger charge is -2.32. The van der Waals surface area contributed by atoms with E-state index in [1.165, 1.54) is 6.07 Å². The lowest BCUT2D eigenvalue weighted by atomic mass is 10.1. The van der Waals surface area contributed by atoms with Gasteiger partial charge in [-0.05, 0) is 30.3 Å². The molecule has 2 aromatic rings. The molecule has 0 atom stereocenters. The number of anilines is 2. The molecular formula is C16H17FN2O. The maximum atomic E-state index is 13.4. The predicted molar refractivity (Wildman–Crippen MR) is 78.9 cm³/mol. The normalized spacial score (nSPS) is 13.6. The van der Waals surface area contributed by atoms with Crippen LogP contribution in [0.25, 0.3) is 0 Å².